The smallest absolute Gasteiger partial charge is 0.470 e. The second-order valence-electron chi connectivity index (χ2n) is 17.6. The van der Waals surface area contributed by atoms with Crippen LogP contribution in [0.5, 0.6) is 0 Å². The molecule has 7 rings (SSSR count). The molecule has 2 heterocycles. The van der Waals surface area contributed by atoms with Crippen molar-refractivity contribution in [3.63, 3.8) is 0 Å². The lowest BCUT2D eigenvalue weighted by atomic mass is 9.46. The Labute approximate surface area is 371 Å². The Morgan fingerprint density at radius 1 is 1.11 bits per heavy atom. The third-order valence-electron chi connectivity index (χ3n) is 13.9. The molecule has 1 aromatic heterocycles. The molecule has 1 aromatic carbocycles. The molecule has 63 heavy (non-hydrogen) atoms. The first-order valence-corrected chi connectivity index (χ1v) is 23.4. The summed E-state index contributed by atoms with van der Waals surface area (Å²) in [5.41, 5.74) is 0.357. The van der Waals surface area contributed by atoms with E-state index in [1.807, 2.05) is 43.8 Å². The van der Waals surface area contributed by atoms with Crippen LogP contribution in [0.2, 0.25) is 0 Å². The number of Topliss-reactive ketones (excluding diaryl/α,β-unsaturated/α-hetero) is 1. The summed E-state index contributed by atoms with van der Waals surface area (Å²) >= 11 is 2.98. The third-order valence-corrected chi connectivity index (χ3v) is 14.9. The molecule has 20 heteroatoms. The normalized spacial score (nSPS) is 31.2. The molecule has 5 aliphatic rings. The Morgan fingerprint density at radius 2 is 1.84 bits per heavy atom. The number of hydrogen-bond acceptors (Lipinski definition) is 11. The number of nitrogens with zero attached hydrogens (tertiary/aromatic N) is 1. The average molecular weight is 960 g/mol. The molecule has 0 unspecified atom stereocenters. The number of phosphoric ester groups is 1. The van der Waals surface area contributed by atoms with Crippen LogP contribution in [0.1, 0.15) is 75.5 Å². The number of aliphatic hydroxyl groups is 1. The molecule has 3 amide bonds. The van der Waals surface area contributed by atoms with Gasteiger partial charge in [-0.2, -0.15) is 0 Å². The Hall–Kier alpha value is -4.33. The van der Waals surface area contributed by atoms with Crippen molar-refractivity contribution in [2.24, 2.45) is 35.6 Å². The molecule has 2 aromatic rings. The summed E-state index contributed by atoms with van der Waals surface area (Å²) in [5.74, 6) is -4.14. The number of ether oxygens (including phenoxy) is 2. The highest BCUT2D eigenvalue weighted by Gasteiger charge is 2.76. The topological polar surface area (TPSA) is 269 Å². The summed E-state index contributed by atoms with van der Waals surface area (Å²) in [4.78, 5) is 94.2. The predicted molar refractivity (Wildman–Crippen MR) is 227 cm³/mol. The van der Waals surface area contributed by atoms with E-state index >= 15 is 0 Å². The SMILES string of the molecule is Cn1cc([C@@H]2O[C@@H]3C[C@H]4[C@@H]5CCC6=CC(=O)C=C[C@]6(C)[C@H]5[C@@H](O)C[C@]4(C)[C@]3(C(=O)COP(=O)(O)O)O2)cc1Cc1ccc(NC(=O)[C@H](CCC(=O)O)NC(=O)CNC(=O)CBr)cc1. The zero-order valence-corrected chi connectivity index (χ0v) is 37.4. The number of allylic oxidation sites excluding steroid dienone is 4. The molecule has 0 bridgehead atoms. The molecule has 10 atom stereocenters. The van der Waals surface area contributed by atoms with Crippen molar-refractivity contribution in [2.45, 2.75) is 88.9 Å². The molecule has 4 aliphatic carbocycles. The summed E-state index contributed by atoms with van der Waals surface area (Å²) in [5, 5.41) is 28.7. The molecule has 0 radical (unpaired) electrons. The highest BCUT2D eigenvalue weighted by atomic mass is 79.9. The molecule has 0 spiro atoms. The van der Waals surface area contributed by atoms with Crippen LogP contribution in [0.3, 0.4) is 0 Å². The van der Waals surface area contributed by atoms with Crippen molar-refractivity contribution < 1.29 is 67.3 Å². The fourth-order valence-corrected chi connectivity index (χ4v) is 11.5. The number of carbonyl (C=O) groups is 6. The van der Waals surface area contributed by atoms with Gasteiger partial charge in [0.2, 0.25) is 17.7 Å². The molecule has 7 N–H and O–H groups in total. The van der Waals surface area contributed by atoms with Crippen LogP contribution in [0, 0.1) is 28.6 Å². The number of aliphatic carboxylic acids is 1. The Kier molecular flexibility index (Phi) is 13.3. The Bertz CT molecular complexity index is 2290. The van der Waals surface area contributed by atoms with Gasteiger partial charge in [0.05, 0.1) is 24.1 Å². The van der Waals surface area contributed by atoms with Crippen LogP contribution in [0.4, 0.5) is 5.69 Å². The van der Waals surface area contributed by atoms with Gasteiger partial charge in [-0.05, 0) is 79.9 Å². The van der Waals surface area contributed by atoms with Gasteiger partial charge < -0.3 is 50.0 Å². The lowest BCUT2D eigenvalue weighted by Gasteiger charge is -2.59. The minimum atomic E-state index is -5.05. The molecule has 340 valence electrons. The van der Waals surface area contributed by atoms with E-state index in [0.29, 0.717) is 36.9 Å². The fourth-order valence-electron chi connectivity index (χ4n) is 11.1. The van der Waals surface area contributed by atoms with Crippen LogP contribution in [-0.4, -0.2) is 102 Å². The van der Waals surface area contributed by atoms with Crippen LogP contribution in [0.25, 0.3) is 0 Å². The maximum atomic E-state index is 14.4. The fraction of sp³-hybridized carbons (Fsp3) is 0.535. The van der Waals surface area contributed by atoms with Crippen LogP contribution in [-0.2, 0) is 60.8 Å². The van der Waals surface area contributed by atoms with Crippen LogP contribution >= 0.6 is 23.8 Å². The van der Waals surface area contributed by atoms with Crippen LogP contribution in [0.15, 0.2) is 60.3 Å². The number of carboxylic acids is 1. The zero-order chi connectivity index (χ0) is 45.6. The van der Waals surface area contributed by atoms with Gasteiger partial charge in [0, 0.05) is 59.8 Å². The number of alkyl halides is 1. The monoisotopic (exact) mass is 958 g/mol. The predicted octanol–water partition coefficient (Wildman–Crippen LogP) is 3.13. The number of aryl methyl sites for hydroxylation is 1. The first-order valence-electron chi connectivity index (χ1n) is 20.7. The maximum Gasteiger partial charge on any atom is 0.470 e. The summed E-state index contributed by atoms with van der Waals surface area (Å²) in [6, 6.07) is 7.60. The minimum absolute atomic E-state index is 0.0174. The number of carboxylic acid groups (broad SMARTS) is 1. The number of rotatable bonds is 16. The summed E-state index contributed by atoms with van der Waals surface area (Å²) in [6.45, 7) is 2.62. The van der Waals surface area contributed by atoms with E-state index in [2.05, 4.69) is 31.9 Å². The van der Waals surface area contributed by atoms with Crippen molar-refractivity contribution in [3.8, 4) is 0 Å². The van der Waals surface area contributed by atoms with Gasteiger partial charge in [0.15, 0.2) is 23.5 Å². The van der Waals surface area contributed by atoms with E-state index in [9.17, 15) is 53.3 Å². The quantitative estimate of drug-likeness (QED) is 0.0942. The number of phosphoric acid groups is 1. The number of ketones is 2. The summed E-state index contributed by atoms with van der Waals surface area (Å²) < 4.78 is 31.9. The first kappa shape index (κ1) is 46.7. The van der Waals surface area contributed by atoms with E-state index in [-0.39, 0.29) is 48.1 Å². The second-order valence-corrected chi connectivity index (χ2v) is 19.4. The number of benzene rings is 1. The van der Waals surface area contributed by atoms with Crippen molar-refractivity contribution in [1.29, 1.82) is 0 Å². The molecule has 1 aliphatic heterocycles. The standard InChI is InChI=1S/C43H52BrN4O14P/c1-41-13-12-28(49)16-25(41)6-9-29-30-17-34-43(33(51)22-60-63(57,58)59,42(30,2)18-32(50)38(29)41)62-40(61-34)24-15-27(48(3)21-24)14-23-4-7-26(8-5-23)46-39(56)31(10-11-37(54)55)47-36(53)20-45-35(52)19-44/h4-5,7-8,12-13,15-16,21,29-32,34,38,40,50H,6,9-11,14,17-20,22H2,1-3H3,(H,45,52)(H,46,56)(H,47,53)(H,54,55)(H2,57,58,59)/t29-,30-,31-,32-,34+,38+,40+,41-,42-,43+/m0/s1. The van der Waals surface area contributed by atoms with Crippen molar-refractivity contribution >= 4 is 64.7 Å². The number of aliphatic hydroxyl groups excluding tert-OH is 1. The number of halogens is 1. The number of hydrogen-bond donors (Lipinski definition) is 7. The molecule has 4 fully saturated rings. The van der Waals surface area contributed by atoms with Gasteiger partial charge in [-0.15, -0.1) is 0 Å². The first-order chi connectivity index (χ1) is 29.7. The van der Waals surface area contributed by atoms with E-state index < -0.39 is 91.4 Å². The van der Waals surface area contributed by atoms with Crippen molar-refractivity contribution in [2.75, 3.05) is 23.8 Å². The maximum absolute atomic E-state index is 14.4. The highest BCUT2D eigenvalue weighted by Crippen LogP contribution is 2.70. The molecule has 3 saturated carbocycles. The Balaban J connectivity index is 1.07. The number of amides is 3. The molecule has 18 nitrogen and oxygen atoms in total. The van der Waals surface area contributed by atoms with Crippen molar-refractivity contribution in [3.05, 3.63) is 77.2 Å². The average Bonchev–Trinajstić information content (AvgIpc) is 3.86. The lowest BCUT2D eigenvalue weighted by Crippen LogP contribution is -2.63. The van der Waals surface area contributed by atoms with E-state index in [1.54, 1.807) is 36.4 Å². The molecule has 1 saturated heterocycles. The van der Waals surface area contributed by atoms with Gasteiger partial charge in [-0.25, -0.2) is 4.57 Å². The van der Waals surface area contributed by atoms with E-state index in [0.717, 1.165) is 16.8 Å². The molecular formula is C43H52BrN4O14P. The molecular weight excluding hydrogens is 907 g/mol. The summed E-state index contributed by atoms with van der Waals surface area (Å²) in [6.07, 6.45) is 5.87. The number of carbonyl (C=O) groups excluding carboxylic acids is 5. The number of aromatic nitrogens is 1. The highest BCUT2D eigenvalue weighted by molar-refractivity contribution is 9.09. The largest absolute Gasteiger partial charge is 0.481 e. The zero-order valence-electron chi connectivity index (χ0n) is 35.0. The summed E-state index contributed by atoms with van der Waals surface area (Å²) in [7, 11) is -3.21. The van der Waals surface area contributed by atoms with E-state index in [1.165, 1.54) is 0 Å². The van der Waals surface area contributed by atoms with Gasteiger partial charge >= 0.3 is 13.8 Å². The van der Waals surface area contributed by atoms with E-state index in [4.69, 9.17) is 14.0 Å². The van der Waals surface area contributed by atoms with Gasteiger partial charge in [-0.1, -0.05) is 53.6 Å². The number of anilines is 1. The van der Waals surface area contributed by atoms with Gasteiger partial charge in [0.1, 0.15) is 12.6 Å². The Morgan fingerprint density at radius 3 is 2.52 bits per heavy atom. The lowest BCUT2D eigenvalue weighted by molar-refractivity contribution is -0.200. The van der Waals surface area contributed by atoms with Gasteiger partial charge in [0.25, 0.3) is 0 Å². The van der Waals surface area contributed by atoms with Crippen LogP contribution < -0.4 is 16.0 Å². The third kappa shape index (κ3) is 9.16. The second kappa shape index (κ2) is 17.9. The minimum Gasteiger partial charge on any atom is -0.481 e. The van der Waals surface area contributed by atoms with Gasteiger partial charge in [-0.3, -0.25) is 33.3 Å². The number of fused-ring (bicyclic) bond motifs is 7. The number of nitrogens with one attached hydrogen (secondary N) is 3. The van der Waals surface area contributed by atoms with Crippen molar-refractivity contribution in [1.82, 2.24) is 15.2 Å².